The molecule has 0 unspecified atom stereocenters. The number of nitrogens with one attached hydrogen (secondary N) is 1. The lowest BCUT2D eigenvalue weighted by Gasteiger charge is -2.20. The van der Waals surface area contributed by atoms with Gasteiger partial charge in [0.1, 0.15) is 19.8 Å². The highest BCUT2D eigenvalue weighted by atomic mass is 35.5. The van der Waals surface area contributed by atoms with Gasteiger partial charge in [-0.1, -0.05) is 11.6 Å². The SMILES string of the molecule is N#CCCNS(=O)(=O)c1ccc(C(=O)OCc2cc(Cl)c3c(c2)OCCO3)cc1. The minimum atomic E-state index is -3.74. The van der Waals surface area contributed by atoms with Gasteiger partial charge in [-0.05, 0) is 42.0 Å². The van der Waals surface area contributed by atoms with Crippen LogP contribution in [0.2, 0.25) is 5.02 Å². The molecule has 29 heavy (non-hydrogen) atoms. The number of benzene rings is 2. The van der Waals surface area contributed by atoms with E-state index in [2.05, 4.69) is 4.72 Å². The van der Waals surface area contributed by atoms with Gasteiger partial charge in [0.2, 0.25) is 10.0 Å². The number of hydrogen-bond donors (Lipinski definition) is 1. The molecule has 1 N–H and O–H groups in total. The van der Waals surface area contributed by atoms with Crippen molar-refractivity contribution in [3.05, 3.63) is 52.5 Å². The van der Waals surface area contributed by atoms with Crippen LogP contribution in [0.15, 0.2) is 41.3 Å². The number of nitrogens with zero attached hydrogens (tertiary/aromatic N) is 1. The number of halogens is 1. The zero-order chi connectivity index (χ0) is 20.9. The fourth-order valence-corrected chi connectivity index (χ4v) is 3.89. The Morgan fingerprint density at radius 3 is 2.66 bits per heavy atom. The number of ether oxygens (including phenoxy) is 3. The van der Waals surface area contributed by atoms with Crippen LogP contribution in [0, 0.1) is 11.3 Å². The quantitative estimate of drug-likeness (QED) is 0.524. The van der Waals surface area contributed by atoms with Crippen LogP contribution in [0.5, 0.6) is 11.5 Å². The maximum atomic E-state index is 12.3. The molecular formula is C19H17ClN2O6S. The minimum Gasteiger partial charge on any atom is -0.486 e. The topological polar surface area (TPSA) is 115 Å². The van der Waals surface area contributed by atoms with Crippen LogP contribution >= 0.6 is 11.6 Å². The largest absolute Gasteiger partial charge is 0.486 e. The van der Waals surface area contributed by atoms with Crippen molar-refractivity contribution >= 4 is 27.6 Å². The third kappa shape index (κ3) is 5.17. The van der Waals surface area contributed by atoms with Gasteiger partial charge in [-0.3, -0.25) is 0 Å². The Hall–Kier alpha value is -2.80. The molecule has 1 aliphatic heterocycles. The Morgan fingerprint density at radius 1 is 1.21 bits per heavy atom. The number of carbonyl (C=O) groups is 1. The summed E-state index contributed by atoms with van der Waals surface area (Å²) in [5.74, 6) is 0.346. The number of hydrogen-bond acceptors (Lipinski definition) is 7. The van der Waals surface area contributed by atoms with E-state index in [-0.39, 0.29) is 30.0 Å². The van der Waals surface area contributed by atoms with Gasteiger partial charge < -0.3 is 14.2 Å². The molecular weight excluding hydrogens is 420 g/mol. The summed E-state index contributed by atoms with van der Waals surface area (Å²) < 4.78 is 42.6. The first-order valence-corrected chi connectivity index (χ1v) is 10.5. The minimum absolute atomic E-state index is 0.00870. The predicted octanol–water partition coefficient (Wildman–Crippen LogP) is 2.66. The van der Waals surface area contributed by atoms with Crippen molar-refractivity contribution in [3.63, 3.8) is 0 Å². The standard InChI is InChI=1S/C19H17ClN2O6S/c20-16-10-13(11-17-18(16)27-9-8-26-17)12-28-19(23)14-2-4-15(5-3-14)29(24,25)22-7-1-6-21/h2-5,10-11,22H,1,7-9,12H2. The van der Waals surface area contributed by atoms with Crippen molar-refractivity contribution in [1.82, 2.24) is 4.72 Å². The Kier molecular flexibility index (Phi) is 6.59. The van der Waals surface area contributed by atoms with Gasteiger partial charge >= 0.3 is 5.97 Å². The molecule has 0 aromatic heterocycles. The van der Waals surface area contributed by atoms with Gasteiger partial charge in [0, 0.05) is 13.0 Å². The Bertz CT molecular complexity index is 1050. The van der Waals surface area contributed by atoms with Crippen LogP contribution in [0.4, 0.5) is 0 Å². The van der Waals surface area contributed by atoms with E-state index in [4.69, 9.17) is 31.1 Å². The number of esters is 1. The molecule has 1 aliphatic rings. The van der Waals surface area contributed by atoms with Gasteiger partial charge in [-0.25, -0.2) is 17.9 Å². The maximum absolute atomic E-state index is 12.3. The lowest BCUT2D eigenvalue weighted by molar-refractivity contribution is 0.0472. The summed E-state index contributed by atoms with van der Waals surface area (Å²) in [5.41, 5.74) is 0.832. The first-order valence-electron chi connectivity index (χ1n) is 8.62. The van der Waals surface area contributed by atoms with Gasteiger partial charge in [-0.2, -0.15) is 5.26 Å². The van der Waals surface area contributed by atoms with Crippen LogP contribution in [-0.4, -0.2) is 34.1 Å². The summed E-state index contributed by atoms with van der Waals surface area (Å²) in [6, 6.07) is 10.5. The second kappa shape index (κ2) is 9.13. The summed E-state index contributed by atoms with van der Waals surface area (Å²) in [6.07, 6.45) is 0.0630. The summed E-state index contributed by atoms with van der Waals surface area (Å²) in [6.45, 7) is 0.805. The smallest absolute Gasteiger partial charge is 0.338 e. The third-order valence-corrected chi connectivity index (χ3v) is 5.71. The molecule has 0 saturated heterocycles. The van der Waals surface area contributed by atoms with E-state index < -0.39 is 16.0 Å². The zero-order valence-electron chi connectivity index (χ0n) is 15.2. The summed E-state index contributed by atoms with van der Waals surface area (Å²) in [4.78, 5) is 12.2. The average molecular weight is 437 g/mol. The molecule has 10 heteroatoms. The first-order chi connectivity index (χ1) is 13.9. The van der Waals surface area contributed by atoms with Crippen LogP contribution in [0.3, 0.4) is 0 Å². The molecule has 0 fully saturated rings. The second-order valence-electron chi connectivity index (χ2n) is 6.01. The van der Waals surface area contributed by atoms with Gasteiger partial charge in [-0.15, -0.1) is 0 Å². The molecule has 0 saturated carbocycles. The summed E-state index contributed by atoms with van der Waals surface area (Å²) >= 11 is 6.16. The van der Waals surface area contributed by atoms with Gasteiger partial charge in [0.05, 0.1) is 21.6 Å². The molecule has 0 atom stereocenters. The molecule has 1 heterocycles. The van der Waals surface area contributed by atoms with Crippen LogP contribution < -0.4 is 14.2 Å². The number of sulfonamides is 1. The lowest BCUT2D eigenvalue weighted by Crippen LogP contribution is -2.24. The molecule has 0 aliphatic carbocycles. The predicted molar refractivity (Wildman–Crippen MR) is 103 cm³/mol. The zero-order valence-corrected chi connectivity index (χ0v) is 16.8. The molecule has 0 amide bonds. The molecule has 0 spiro atoms. The third-order valence-electron chi connectivity index (χ3n) is 3.96. The Morgan fingerprint density at radius 2 is 1.93 bits per heavy atom. The normalized spacial score (nSPS) is 12.8. The fraction of sp³-hybridized carbons (Fsp3) is 0.263. The van der Waals surface area contributed by atoms with E-state index in [1.165, 1.54) is 24.3 Å². The number of carbonyl (C=O) groups excluding carboxylic acids is 1. The molecule has 8 nitrogen and oxygen atoms in total. The molecule has 2 aromatic rings. The lowest BCUT2D eigenvalue weighted by atomic mass is 10.2. The molecule has 2 aromatic carbocycles. The van der Waals surface area contributed by atoms with E-state index in [0.29, 0.717) is 35.3 Å². The first kappa shape index (κ1) is 20.9. The van der Waals surface area contributed by atoms with Crippen molar-refractivity contribution in [2.45, 2.75) is 17.9 Å². The highest BCUT2D eigenvalue weighted by Gasteiger charge is 2.18. The Labute approximate surface area is 173 Å². The number of fused-ring (bicyclic) bond motifs is 1. The van der Waals surface area contributed by atoms with Crippen LogP contribution in [-0.2, 0) is 21.4 Å². The van der Waals surface area contributed by atoms with E-state index >= 15 is 0 Å². The van der Waals surface area contributed by atoms with Gasteiger partial charge in [0.15, 0.2) is 11.5 Å². The van der Waals surface area contributed by atoms with E-state index in [9.17, 15) is 13.2 Å². The molecule has 0 radical (unpaired) electrons. The summed E-state index contributed by atoms with van der Waals surface area (Å²) in [5, 5.41) is 8.85. The van der Waals surface area contributed by atoms with E-state index in [0.717, 1.165) is 0 Å². The van der Waals surface area contributed by atoms with E-state index in [1.807, 2.05) is 6.07 Å². The van der Waals surface area contributed by atoms with Crippen molar-refractivity contribution in [2.75, 3.05) is 19.8 Å². The molecule has 3 rings (SSSR count). The summed E-state index contributed by atoms with van der Waals surface area (Å²) in [7, 11) is -3.74. The molecule has 0 bridgehead atoms. The van der Waals surface area contributed by atoms with Crippen molar-refractivity contribution in [2.24, 2.45) is 0 Å². The van der Waals surface area contributed by atoms with Crippen LogP contribution in [0.25, 0.3) is 0 Å². The van der Waals surface area contributed by atoms with Gasteiger partial charge in [0.25, 0.3) is 0 Å². The van der Waals surface area contributed by atoms with Crippen LogP contribution in [0.1, 0.15) is 22.3 Å². The fourth-order valence-electron chi connectivity index (χ4n) is 2.57. The molecule has 152 valence electrons. The second-order valence-corrected chi connectivity index (χ2v) is 8.18. The van der Waals surface area contributed by atoms with Crippen molar-refractivity contribution in [3.8, 4) is 17.6 Å². The van der Waals surface area contributed by atoms with E-state index in [1.54, 1.807) is 12.1 Å². The van der Waals surface area contributed by atoms with Crippen molar-refractivity contribution < 1.29 is 27.4 Å². The number of nitriles is 1. The Balaban J connectivity index is 1.63. The number of rotatable bonds is 7. The maximum Gasteiger partial charge on any atom is 0.338 e. The monoisotopic (exact) mass is 436 g/mol. The highest BCUT2D eigenvalue weighted by molar-refractivity contribution is 7.89. The average Bonchev–Trinajstić information content (AvgIpc) is 2.72. The van der Waals surface area contributed by atoms with Crippen molar-refractivity contribution in [1.29, 1.82) is 5.26 Å². The highest BCUT2D eigenvalue weighted by Crippen LogP contribution is 2.38.